The van der Waals surface area contributed by atoms with Gasteiger partial charge in [-0.05, 0) is 18.6 Å². The highest BCUT2D eigenvalue weighted by atomic mass is 32.1. The van der Waals surface area contributed by atoms with Gasteiger partial charge in [0.25, 0.3) is 0 Å². The number of rotatable bonds is 1. The molecule has 0 fully saturated rings. The highest BCUT2D eigenvalue weighted by Crippen LogP contribution is 2.27. The zero-order chi connectivity index (χ0) is 10.3. The number of nitrogens with zero attached hydrogens (tertiary/aromatic N) is 2. The van der Waals surface area contributed by atoms with Gasteiger partial charge in [-0.2, -0.15) is 0 Å². The quantitative estimate of drug-likeness (QED) is 0.678. The fraction of sp³-hybridized carbons (Fsp3) is 0.0909. The molecule has 2 heterocycles. The third-order valence-electron chi connectivity index (χ3n) is 2.55. The van der Waals surface area contributed by atoms with Gasteiger partial charge in [0.1, 0.15) is 0 Å². The van der Waals surface area contributed by atoms with Crippen molar-refractivity contribution in [3.05, 3.63) is 34.9 Å². The van der Waals surface area contributed by atoms with E-state index in [9.17, 15) is 0 Å². The van der Waals surface area contributed by atoms with Gasteiger partial charge in [0.2, 0.25) is 0 Å². The zero-order valence-corrected chi connectivity index (χ0v) is 9.01. The molecule has 0 amide bonds. The summed E-state index contributed by atoms with van der Waals surface area (Å²) in [7, 11) is 0. The van der Waals surface area contributed by atoms with E-state index in [-0.39, 0.29) is 0 Å². The summed E-state index contributed by atoms with van der Waals surface area (Å²) < 4.78 is 0. The van der Waals surface area contributed by atoms with Crippen molar-refractivity contribution in [2.24, 2.45) is 0 Å². The standard InChI is InChI=1S/C11H9N3S/c1-7-8(10-4-15-6-14-10)2-3-9-11(7)13-5-12-9/h2-6H,1H3,(H,12,13). The van der Waals surface area contributed by atoms with Gasteiger partial charge in [-0.15, -0.1) is 11.3 Å². The fourth-order valence-electron chi connectivity index (χ4n) is 1.77. The monoisotopic (exact) mass is 215 g/mol. The number of H-pyrrole nitrogens is 1. The molecule has 15 heavy (non-hydrogen) atoms. The molecule has 0 bridgehead atoms. The number of nitrogens with one attached hydrogen (secondary N) is 1. The van der Waals surface area contributed by atoms with Crippen molar-refractivity contribution in [3.8, 4) is 11.3 Å². The molecule has 0 atom stereocenters. The predicted octanol–water partition coefficient (Wildman–Crippen LogP) is 2.99. The van der Waals surface area contributed by atoms with Crippen molar-refractivity contribution in [1.82, 2.24) is 15.0 Å². The molecule has 3 rings (SSSR count). The average Bonchev–Trinajstić information content (AvgIpc) is 2.87. The van der Waals surface area contributed by atoms with E-state index >= 15 is 0 Å². The highest BCUT2D eigenvalue weighted by molar-refractivity contribution is 7.07. The van der Waals surface area contributed by atoms with Gasteiger partial charge < -0.3 is 4.98 Å². The van der Waals surface area contributed by atoms with Crippen LogP contribution in [0, 0.1) is 6.92 Å². The topological polar surface area (TPSA) is 41.6 Å². The van der Waals surface area contributed by atoms with Gasteiger partial charge in [-0.3, -0.25) is 0 Å². The van der Waals surface area contributed by atoms with Gasteiger partial charge in [-0.25, -0.2) is 9.97 Å². The third kappa shape index (κ3) is 1.26. The maximum atomic E-state index is 4.32. The molecule has 3 nitrogen and oxygen atoms in total. The number of aromatic amines is 1. The normalized spacial score (nSPS) is 11.0. The number of fused-ring (bicyclic) bond motifs is 1. The van der Waals surface area contributed by atoms with Crippen molar-refractivity contribution < 1.29 is 0 Å². The summed E-state index contributed by atoms with van der Waals surface area (Å²) in [5.74, 6) is 0. The second-order valence-corrected chi connectivity index (χ2v) is 4.13. The Balaban J connectivity index is 2.32. The highest BCUT2D eigenvalue weighted by Gasteiger charge is 2.08. The first-order valence-corrected chi connectivity index (χ1v) is 5.62. The van der Waals surface area contributed by atoms with E-state index in [1.807, 2.05) is 11.6 Å². The van der Waals surface area contributed by atoms with E-state index in [2.05, 4.69) is 33.3 Å². The lowest BCUT2D eigenvalue weighted by Crippen LogP contribution is -1.85. The summed E-state index contributed by atoms with van der Waals surface area (Å²) in [6.07, 6.45) is 1.72. The third-order valence-corrected chi connectivity index (χ3v) is 3.14. The molecule has 0 saturated carbocycles. The van der Waals surface area contributed by atoms with Crippen molar-refractivity contribution in [1.29, 1.82) is 0 Å². The Labute approximate surface area is 90.8 Å². The minimum Gasteiger partial charge on any atom is -0.345 e. The smallest absolute Gasteiger partial charge is 0.0931 e. The van der Waals surface area contributed by atoms with E-state index in [1.165, 1.54) is 5.56 Å². The molecule has 0 aliphatic heterocycles. The first kappa shape index (κ1) is 8.61. The number of imidazole rings is 1. The molecule has 0 saturated heterocycles. The number of thiazole rings is 1. The van der Waals surface area contributed by atoms with Crippen LogP contribution in [0.25, 0.3) is 22.3 Å². The summed E-state index contributed by atoms with van der Waals surface area (Å²) in [4.78, 5) is 11.7. The van der Waals surface area contributed by atoms with Gasteiger partial charge in [-0.1, -0.05) is 6.07 Å². The zero-order valence-electron chi connectivity index (χ0n) is 8.19. The summed E-state index contributed by atoms with van der Waals surface area (Å²) >= 11 is 1.61. The average molecular weight is 215 g/mol. The maximum absolute atomic E-state index is 4.32. The maximum Gasteiger partial charge on any atom is 0.0931 e. The molecule has 1 aromatic carbocycles. The summed E-state index contributed by atoms with van der Waals surface area (Å²) in [6, 6.07) is 4.13. The summed E-state index contributed by atoms with van der Waals surface area (Å²) in [6.45, 7) is 2.08. The SMILES string of the molecule is Cc1c(-c2cscn2)ccc2[nH]cnc12. The van der Waals surface area contributed by atoms with E-state index < -0.39 is 0 Å². The molecule has 0 unspecified atom stereocenters. The Kier molecular flexibility index (Phi) is 1.82. The largest absolute Gasteiger partial charge is 0.345 e. The molecular formula is C11H9N3S. The molecule has 74 valence electrons. The lowest BCUT2D eigenvalue weighted by Gasteiger charge is -2.02. The Morgan fingerprint density at radius 1 is 1.27 bits per heavy atom. The number of benzene rings is 1. The molecule has 4 heteroatoms. The van der Waals surface area contributed by atoms with Gasteiger partial charge >= 0.3 is 0 Å². The lowest BCUT2D eigenvalue weighted by atomic mass is 10.1. The van der Waals surface area contributed by atoms with Crippen LogP contribution in [0.15, 0.2) is 29.4 Å². The minimum atomic E-state index is 1.03. The van der Waals surface area contributed by atoms with Crippen LogP contribution in [-0.2, 0) is 0 Å². The Bertz CT molecular complexity index is 595. The predicted molar refractivity (Wildman–Crippen MR) is 61.9 cm³/mol. The number of aryl methyl sites for hydroxylation is 1. The van der Waals surface area contributed by atoms with Crippen molar-refractivity contribution in [2.75, 3.05) is 0 Å². The van der Waals surface area contributed by atoms with Crippen LogP contribution in [0.5, 0.6) is 0 Å². The van der Waals surface area contributed by atoms with E-state index in [1.54, 1.807) is 17.7 Å². The number of aromatic nitrogens is 3. The van der Waals surface area contributed by atoms with Crippen LogP contribution >= 0.6 is 11.3 Å². The number of hydrogen-bond donors (Lipinski definition) is 1. The molecule has 0 aliphatic rings. The van der Waals surface area contributed by atoms with E-state index in [0.717, 1.165) is 22.3 Å². The van der Waals surface area contributed by atoms with Crippen LogP contribution in [0.2, 0.25) is 0 Å². The van der Waals surface area contributed by atoms with E-state index in [4.69, 9.17) is 0 Å². The Morgan fingerprint density at radius 2 is 2.20 bits per heavy atom. The fourth-order valence-corrected chi connectivity index (χ4v) is 2.32. The van der Waals surface area contributed by atoms with Crippen molar-refractivity contribution >= 4 is 22.4 Å². The second-order valence-electron chi connectivity index (χ2n) is 3.41. The molecule has 0 aliphatic carbocycles. The first-order chi connectivity index (χ1) is 7.36. The van der Waals surface area contributed by atoms with Crippen molar-refractivity contribution in [2.45, 2.75) is 6.92 Å². The minimum absolute atomic E-state index is 1.03. The Morgan fingerprint density at radius 3 is 3.00 bits per heavy atom. The van der Waals surface area contributed by atoms with Crippen molar-refractivity contribution in [3.63, 3.8) is 0 Å². The molecule has 3 aromatic rings. The van der Waals surface area contributed by atoms with Gasteiger partial charge in [0.05, 0.1) is 28.6 Å². The van der Waals surface area contributed by atoms with Crippen LogP contribution in [-0.4, -0.2) is 15.0 Å². The van der Waals surface area contributed by atoms with Crippen LogP contribution in [0.3, 0.4) is 0 Å². The van der Waals surface area contributed by atoms with Crippen LogP contribution in [0.1, 0.15) is 5.56 Å². The summed E-state index contributed by atoms with van der Waals surface area (Å²) in [5, 5.41) is 2.06. The van der Waals surface area contributed by atoms with Crippen LogP contribution < -0.4 is 0 Å². The van der Waals surface area contributed by atoms with E-state index in [0.29, 0.717) is 0 Å². The van der Waals surface area contributed by atoms with Gasteiger partial charge in [0, 0.05) is 10.9 Å². The molecule has 2 aromatic heterocycles. The molecule has 0 spiro atoms. The number of hydrogen-bond acceptors (Lipinski definition) is 3. The molecule has 0 radical (unpaired) electrons. The van der Waals surface area contributed by atoms with Gasteiger partial charge in [0.15, 0.2) is 0 Å². The summed E-state index contributed by atoms with van der Waals surface area (Å²) in [5.41, 5.74) is 7.33. The first-order valence-electron chi connectivity index (χ1n) is 4.67. The Hall–Kier alpha value is -1.68. The lowest BCUT2D eigenvalue weighted by molar-refractivity contribution is 1.33. The van der Waals surface area contributed by atoms with Crippen LogP contribution in [0.4, 0.5) is 0 Å². The molecule has 1 N–H and O–H groups in total. The second kappa shape index (κ2) is 3.17. The molecular weight excluding hydrogens is 206 g/mol.